The smallest absolute Gasteiger partial charge is 0.338 e. The second-order valence-electron chi connectivity index (χ2n) is 3.79. The lowest BCUT2D eigenvalue weighted by Crippen LogP contribution is -2.04. The highest BCUT2D eigenvalue weighted by Gasteiger charge is 2.28. The van der Waals surface area contributed by atoms with Gasteiger partial charge in [-0.15, -0.1) is 10.2 Å². The monoisotopic (exact) mass is 264 g/mol. The quantitative estimate of drug-likeness (QED) is 0.857. The summed E-state index contributed by atoms with van der Waals surface area (Å²) in [6, 6.07) is 1.73. The van der Waals surface area contributed by atoms with Crippen molar-refractivity contribution in [2.45, 2.75) is 29.1 Å². The van der Waals surface area contributed by atoms with E-state index in [4.69, 9.17) is 5.11 Å². The van der Waals surface area contributed by atoms with E-state index in [1.54, 1.807) is 4.68 Å². The molecule has 0 unspecified atom stereocenters. The number of nitrogens with zero attached hydrogens (tertiary/aromatic N) is 6. The van der Waals surface area contributed by atoms with Crippen LogP contribution >= 0.6 is 11.8 Å². The lowest BCUT2D eigenvalue weighted by molar-refractivity contribution is 0.0692. The summed E-state index contributed by atoms with van der Waals surface area (Å²) in [6.07, 6.45) is 3.44. The van der Waals surface area contributed by atoms with Gasteiger partial charge in [0.15, 0.2) is 0 Å². The molecule has 1 aliphatic rings. The molecule has 0 spiro atoms. The van der Waals surface area contributed by atoms with E-state index in [1.165, 1.54) is 12.3 Å². The van der Waals surface area contributed by atoms with Crippen LogP contribution in [-0.2, 0) is 0 Å². The van der Waals surface area contributed by atoms with E-state index in [-0.39, 0.29) is 5.56 Å². The number of tetrazole rings is 1. The van der Waals surface area contributed by atoms with Crippen LogP contribution < -0.4 is 0 Å². The van der Waals surface area contributed by atoms with E-state index in [1.807, 2.05) is 0 Å². The summed E-state index contributed by atoms with van der Waals surface area (Å²) in [5, 5.41) is 28.8. The number of aromatic nitrogens is 6. The van der Waals surface area contributed by atoms with Crippen molar-refractivity contribution in [1.29, 1.82) is 0 Å². The first-order valence-electron chi connectivity index (χ1n) is 5.26. The largest absolute Gasteiger partial charge is 0.478 e. The first-order chi connectivity index (χ1) is 8.75. The van der Waals surface area contributed by atoms with Crippen LogP contribution in [0.15, 0.2) is 22.4 Å². The Labute approximate surface area is 105 Å². The van der Waals surface area contributed by atoms with Crippen molar-refractivity contribution in [3.05, 3.63) is 17.8 Å². The van der Waals surface area contributed by atoms with Gasteiger partial charge in [-0.25, -0.2) is 9.48 Å². The van der Waals surface area contributed by atoms with E-state index in [0.29, 0.717) is 16.2 Å². The third kappa shape index (κ3) is 2.04. The zero-order valence-corrected chi connectivity index (χ0v) is 9.91. The maximum atomic E-state index is 11.0. The molecular formula is C9H8N6O2S. The fourth-order valence-corrected chi connectivity index (χ4v) is 2.33. The van der Waals surface area contributed by atoms with Gasteiger partial charge in [0.25, 0.3) is 0 Å². The number of rotatable bonds is 4. The summed E-state index contributed by atoms with van der Waals surface area (Å²) >= 11 is 1.12. The predicted molar refractivity (Wildman–Crippen MR) is 59.2 cm³/mol. The predicted octanol–water partition coefficient (Wildman–Crippen LogP) is 0.647. The van der Waals surface area contributed by atoms with Crippen LogP contribution in [0.2, 0.25) is 0 Å². The third-order valence-corrected chi connectivity index (χ3v) is 3.41. The van der Waals surface area contributed by atoms with Crippen molar-refractivity contribution in [2.24, 2.45) is 0 Å². The number of hydrogen-bond donors (Lipinski definition) is 1. The molecule has 18 heavy (non-hydrogen) atoms. The lowest BCUT2D eigenvalue weighted by atomic mass is 10.3. The Balaban J connectivity index is 1.92. The van der Waals surface area contributed by atoms with Crippen LogP contribution in [0.1, 0.15) is 29.2 Å². The summed E-state index contributed by atoms with van der Waals surface area (Å²) in [5.41, 5.74) is 0.0975. The average molecular weight is 264 g/mol. The van der Waals surface area contributed by atoms with E-state index < -0.39 is 5.97 Å². The Hall–Kier alpha value is -2.03. The first-order valence-corrected chi connectivity index (χ1v) is 6.08. The Morgan fingerprint density at radius 2 is 2.28 bits per heavy atom. The topological polar surface area (TPSA) is 107 Å². The average Bonchev–Trinajstić information content (AvgIpc) is 3.11. The molecule has 0 amide bonds. The molecule has 1 saturated carbocycles. The van der Waals surface area contributed by atoms with E-state index in [2.05, 4.69) is 25.7 Å². The number of carboxylic acid groups (broad SMARTS) is 1. The highest BCUT2D eigenvalue weighted by Crippen LogP contribution is 2.37. The molecule has 1 N–H and O–H groups in total. The minimum atomic E-state index is -1.04. The van der Waals surface area contributed by atoms with Crippen molar-refractivity contribution in [1.82, 2.24) is 30.4 Å². The lowest BCUT2D eigenvalue weighted by Gasteiger charge is -2.03. The zero-order valence-electron chi connectivity index (χ0n) is 9.09. The number of aromatic carboxylic acids is 1. The second kappa shape index (κ2) is 4.33. The molecular weight excluding hydrogens is 256 g/mol. The third-order valence-electron chi connectivity index (χ3n) is 2.46. The Bertz CT molecular complexity index is 596. The molecule has 2 aromatic rings. The minimum absolute atomic E-state index is 0.0975. The van der Waals surface area contributed by atoms with Gasteiger partial charge in [-0.05, 0) is 41.1 Å². The number of carbonyl (C=O) groups is 1. The fraction of sp³-hybridized carbons (Fsp3) is 0.333. The van der Waals surface area contributed by atoms with Gasteiger partial charge in [0.2, 0.25) is 5.16 Å². The molecule has 0 aromatic carbocycles. The fourth-order valence-electron chi connectivity index (χ4n) is 1.44. The standard InChI is InChI=1S/C9H8N6O2S/c16-8(17)6-3-4-10-11-7(6)18-9-12-13-14-15(9)5-1-2-5/h3-5H,1-2H2,(H,16,17). The van der Waals surface area contributed by atoms with Crippen LogP contribution in [0, 0.1) is 0 Å². The molecule has 8 nitrogen and oxygen atoms in total. The van der Waals surface area contributed by atoms with Gasteiger partial charge in [-0.3, -0.25) is 0 Å². The maximum absolute atomic E-state index is 11.0. The zero-order chi connectivity index (χ0) is 12.5. The van der Waals surface area contributed by atoms with Crippen molar-refractivity contribution in [3.8, 4) is 0 Å². The van der Waals surface area contributed by atoms with Gasteiger partial charge in [0, 0.05) is 0 Å². The van der Waals surface area contributed by atoms with Gasteiger partial charge in [-0.2, -0.15) is 5.10 Å². The number of carboxylic acids is 1. The van der Waals surface area contributed by atoms with Crippen LogP contribution in [-0.4, -0.2) is 41.5 Å². The molecule has 9 heteroatoms. The first kappa shape index (κ1) is 11.1. The molecule has 2 aromatic heterocycles. The van der Waals surface area contributed by atoms with Crippen molar-refractivity contribution < 1.29 is 9.90 Å². The molecule has 0 radical (unpaired) electrons. The highest BCUT2D eigenvalue weighted by molar-refractivity contribution is 7.99. The highest BCUT2D eigenvalue weighted by atomic mass is 32.2. The Morgan fingerprint density at radius 3 is 3.00 bits per heavy atom. The van der Waals surface area contributed by atoms with E-state index >= 15 is 0 Å². The minimum Gasteiger partial charge on any atom is -0.478 e. The molecule has 1 fully saturated rings. The molecule has 0 aliphatic heterocycles. The molecule has 2 heterocycles. The van der Waals surface area contributed by atoms with Crippen LogP contribution in [0.5, 0.6) is 0 Å². The number of hydrogen-bond acceptors (Lipinski definition) is 7. The molecule has 0 bridgehead atoms. The van der Waals surface area contributed by atoms with Crippen molar-refractivity contribution in [2.75, 3.05) is 0 Å². The van der Waals surface area contributed by atoms with E-state index in [0.717, 1.165) is 24.6 Å². The Kier molecular flexibility index (Phi) is 2.67. The van der Waals surface area contributed by atoms with Crippen molar-refractivity contribution >= 4 is 17.7 Å². The Morgan fingerprint density at radius 1 is 1.44 bits per heavy atom. The molecule has 0 atom stereocenters. The summed E-state index contributed by atoms with van der Waals surface area (Å²) in [6.45, 7) is 0. The van der Waals surface area contributed by atoms with Gasteiger partial charge in [0.05, 0.1) is 17.8 Å². The summed E-state index contributed by atoms with van der Waals surface area (Å²) in [4.78, 5) is 11.0. The van der Waals surface area contributed by atoms with Crippen molar-refractivity contribution in [3.63, 3.8) is 0 Å². The van der Waals surface area contributed by atoms with Gasteiger partial charge < -0.3 is 5.11 Å². The molecule has 3 rings (SSSR count). The van der Waals surface area contributed by atoms with Gasteiger partial charge in [-0.1, -0.05) is 0 Å². The SMILES string of the molecule is O=C(O)c1ccnnc1Sc1nnnn1C1CC1. The maximum Gasteiger partial charge on any atom is 0.338 e. The van der Waals surface area contributed by atoms with Crippen LogP contribution in [0.25, 0.3) is 0 Å². The summed E-state index contributed by atoms with van der Waals surface area (Å²) < 4.78 is 1.70. The molecule has 1 aliphatic carbocycles. The van der Waals surface area contributed by atoms with Gasteiger partial charge in [0.1, 0.15) is 5.03 Å². The summed E-state index contributed by atoms with van der Waals surface area (Å²) in [5.74, 6) is -1.04. The molecule has 0 saturated heterocycles. The van der Waals surface area contributed by atoms with Crippen LogP contribution in [0.4, 0.5) is 0 Å². The van der Waals surface area contributed by atoms with Crippen LogP contribution in [0.3, 0.4) is 0 Å². The van der Waals surface area contributed by atoms with E-state index in [9.17, 15) is 4.79 Å². The summed E-state index contributed by atoms with van der Waals surface area (Å²) in [7, 11) is 0. The normalized spacial score (nSPS) is 14.7. The molecule has 92 valence electrons. The second-order valence-corrected chi connectivity index (χ2v) is 4.75. The van der Waals surface area contributed by atoms with Gasteiger partial charge >= 0.3 is 5.97 Å².